The lowest BCUT2D eigenvalue weighted by Gasteiger charge is -2.15. The fourth-order valence-corrected chi connectivity index (χ4v) is 1.43. The number of alkyl carbamates (subject to hydrolysis) is 1. The third kappa shape index (κ3) is 6.53. The molecule has 21 heavy (non-hydrogen) atoms. The lowest BCUT2D eigenvalue weighted by Crippen LogP contribution is -2.47. The van der Waals surface area contributed by atoms with E-state index >= 15 is 0 Å². The monoisotopic (exact) mass is 294 g/mol. The van der Waals surface area contributed by atoms with Crippen LogP contribution in [0.3, 0.4) is 0 Å². The van der Waals surface area contributed by atoms with E-state index in [0.29, 0.717) is 6.29 Å². The zero-order valence-electron chi connectivity index (χ0n) is 11.6. The Kier molecular flexibility index (Phi) is 6.90. The van der Waals surface area contributed by atoms with Crippen LogP contribution in [0.1, 0.15) is 12.5 Å². The molecule has 0 aliphatic carbocycles. The highest BCUT2D eigenvalue weighted by Gasteiger charge is 2.16. The Bertz CT molecular complexity index is 476. The van der Waals surface area contributed by atoms with Crippen molar-refractivity contribution in [2.45, 2.75) is 25.7 Å². The van der Waals surface area contributed by atoms with Gasteiger partial charge >= 0.3 is 6.09 Å². The number of aliphatic hydroxyl groups is 1. The molecule has 0 spiro atoms. The molecule has 0 saturated heterocycles. The summed E-state index contributed by atoms with van der Waals surface area (Å²) in [5.74, 6) is -0.593. The largest absolute Gasteiger partial charge is 0.445 e. The van der Waals surface area contributed by atoms with Crippen LogP contribution in [0.2, 0.25) is 0 Å². The summed E-state index contributed by atoms with van der Waals surface area (Å²) in [6.45, 7) is 1.13. The summed E-state index contributed by atoms with van der Waals surface area (Å²) in [7, 11) is 0. The highest BCUT2D eigenvalue weighted by molar-refractivity contribution is 5.84. The molecule has 1 aromatic rings. The number of hydrogen-bond donors (Lipinski definition) is 3. The van der Waals surface area contributed by atoms with Gasteiger partial charge in [-0.2, -0.15) is 0 Å². The second kappa shape index (κ2) is 8.70. The van der Waals surface area contributed by atoms with Gasteiger partial charge in [0.15, 0.2) is 0 Å². The lowest BCUT2D eigenvalue weighted by atomic mass is 10.2. The van der Waals surface area contributed by atoms with Gasteiger partial charge in [-0.1, -0.05) is 30.3 Å². The number of aldehydes is 1. The molecule has 0 aromatic heterocycles. The Morgan fingerprint density at radius 2 is 2.00 bits per heavy atom. The number of carbonyl (C=O) groups excluding carboxylic acids is 3. The first-order chi connectivity index (χ1) is 10.0. The van der Waals surface area contributed by atoms with E-state index in [1.807, 2.05) is 18.2 Å². The first-order valence-electron chi connectivity index (χ1n) is 6.40. The summed E-state index contributed by atoms with van der Waals surface area (Å²) in [5.41, 5.74) is 0.826. The van der Waals surface area contributed by atoms with Gasteiger partial charge in [0, 0.05) is 0 Å². The molecule has 0 bridgehead atoms. The van der Waals surface area contributed by atoms with Crippen LogP contribution in [0.4, 0.5) is 4.79 Å². The normalized spacial score (nSPS) is 12.9. The lowest BCUT2D eigenvalue weighted by molar-refractivity contribution is -0.124. The van der Waals surface area contributed by atoms with Crippen molar-refractivity contribution in [2.24, 2.45) is 0 Å². The smallest absolute Gasteiger partial charge is 0.407 e. The Morgan fingerprint density at radius 3 is 2.57 bits per heavy atom. The maximum absolute atomic E-state index is 11.4. The zero-order chi connectivity index (χ0) is 15.7. The van der Waals surface area contributed by atoms with Crippen molar-refractivity contribution in [3.8, 4) is 0 Å². The van der Waals surface area contributed by atoms with Gasteiger partial charge in [-0.3, -0.25) is 4.79 Å². The Hall–Kier alpha value is -2.41. The second-order valence-electron chi connectivity index (χ2n) is 4.39. The fourth-order valence-electron chi connectivity index (χ4n) is 1.43. The summed E-state index contributed by atoms with van der Waals surface area (Å²) in [5, 5.41) is 13.7. The van der Waals surface area contributed by atoms with E-state index < -0.39 is 24.1 Å². The molecule has 1 aromatic carbocycles. The second-order valence-corrected chi connectivity index (χ2v) is 4.39. The molecule has 2 unspecified atom stereocenters. The minimum Gasteiger partial charge on any atom is -0.445 e. The molecular weight excluding hydrogens is 276 g/mol. The quantitative estimate of drug-likeness (QED) is 0.613. The van der Waals surface area contributed by atoms with Crippen LogP contribution in [-0.2, 0) is 20.9 Å². The Morgan fingerprint density at radius 1 is 1.33 bits per heavy atom. The van der Waals surface area contributed by atoms with Crippen molar-refractivity contribution in [3.63, 3.8) is 0 Å². The Labute approximate surface area is 122 Å². The van der Waals surface area contributed by atoms with Gasteiger partial charge in [0.2, 0.25) is 5.91 Å². The Balaban J connectivity index is 2.26. The molecule has 2 amide bonds. The number of amides is 2. The number of carbonyl (C=O) groups is 3. The van der Waals surface area contributed by atoms with Crippen LogP contribution in [0, 0.1) is 0 Å². The maximum Gasteiger partial charge on any atom is 0.407 e. The van der Waals surface area contributed by atoms with Crippen LogP contribution in [-0.4, -0.2) is 42.1 Å². The van der Waals surface area contributed by atoms with Gasteiger partial charge < -0.3 is 25.3 Å². The number of hydrogen-bond acceptors (Lipinski definition) is 5. The van der Waals surface area contributed by atoms with Crippen LogP contribution in [0.5, 0.6) is 0 Å². The van der Waals surface area contributed by atoms with E-state index in [2.05, 4.69) is 10.6 Å². The first-order valence-corrected chi connectivity index (χ1v) is 6.40. The molecule has 3 N–H and O–H groups in total. The molecule has 0 fully saturated rings. The van der Waals surface area contributed by atoms with Gasteiger partial charge in [0.1, 0.15) is 25.5 Å². The summed E-state index contributed by atoms with van der Waals surface area (Å²) in [6.07, 6.45) is -1.32. The van der Waals surface area contributed by atoms with Crippen LogP contribution in [0.15, 0.2) is 30.3 Å². The third-order valence-electron chi connectivity index (χ3n) is 2.60. The first kappa shape index (κ1) is 16.6. The predicted octanol–water partition coefficient (Wildman–Crippen LogP) is -0.0227. The van der Waals surface area contributed by atoms with Gasteiger partial charge in [-0.05, 0) is 12.5 Å². The predicted molar refractivity (Wildman–Crippen MR) is 74.3 cm³/mol. The molecule has 0 aliphatic rings. The molecule has 0 radical (unpaired) electrons. The van der Waals surface area contributed by atoms with Crippen molar-refractivity contribution in [1.29, 1.82) is 0 Å². The molecule has 2 atom stereocenters. The van der Waals surface area contributed by atoms with E-state index in [1.165, 1.54) is 6.92 Å². The number of rotatable bonds is 7. The summed E-state index contributed by atoms with van der Waals surface area (Å²) >= 11 is 0. The van der Waals surface area contributed by atoms with Gasteiger partial charge in [-0.25, -0.2) is 4.79 Å². The standard InChI is InChI=1S/C14H18N2O5/c1-10(18)12(8-17)16-13(19)7-15-14(20)21-9-11-5-3-2-4-6-11/h2-6,8,10,12,18H,7,9H2,1H3,(H,15,20)(H,16,19). The summed E-state index contributed by atoms with van der Waals surface area (Å²) in [4.78, 5) is 33.4. The highest BCUT2D eigenvalue weighted by atomic mass is 16.5. The molecular formula is C14H18N2O5. The van der Waals surface area contributed by atoms with E-state index in [4.69, 9.17) is 4.74 Å². The van der Waals surface area contributed by atoms with Crippen LogP contribution >= 0.6 is 0 Å². The van der Waals surface area contributed by atoms with Crippen molar-refractivity contribution in [1.82, 2.24) is 10.6 Å². The summed E-state index contributed by atoms with van der Waals surface area (Å²) in [6, 6.07) is 8.09. The average Bonchev–Trinajstić information content (AvgIpc) is 2.49. The maximum atomic E-state index is 11.4. The number of nitrogens with one attached hydrogen (secondary N) is 2. The van der Waals surface area contributed by atoms with Crippen molar-refractivity contribution >= 4 is 18.3 Å². The number of aliphatic hydroxyl groups excluding tert-OH is 1. The van der Waals surface area contributed by atoms with Gasteiger partial charge in [0.25, 0.3) is 0 Å². The van der Waals surface area contributed by atoms with Crippen molar-refractivity contribution in [2.75, 3.05) is 6.54 Å². The van der Waals surface area contributed by atoms with Gasteiger partial charge in [-0.15, -0.1) is 0 Å². The van der Waals surface area contributed by atoms with Crippen molar-refractivity contribution in [3.05, 3.63) is 35.9 Å². The van der Waals surface area contributed by atoms with E-state index in [1.54, 1.807) is 12.1 Å². The number of benzene rings is 1. The van der Waals surface area contributed by atoms with Crippen LogP contribution in [0.25, 0.3) is 0 Å². The molecule has 1 rings (SSSR count). The molecule has 0 heterocycles. The van der Waals surface area contributed by atoms with E-state index in [-0.39, 0.29) is 13.2 Å². The van der Waals surface area contributed by atoms with E-state index in [9.17, 15) is 19.5 Å². The molecule has 0 aliphatic heterocycles. The van der Waals surface area contributed by atoms with Gasteiger partial charge in [0.05, 0.1) is 6.10 Å². The van der Waals surface area contributed by atoms with E-state index in [0.717, 1.165) is 5.56 Å². The topological polar surface area (TPSA) is 105 Å². The minimum absolute atomic E-state index is 0.0962. The molecule has 0 saturated carbocycles. The zero-order valence-corrected chi connectivity index (χ0v) is 11.6. The molecule has 114 valence electrons. The van der Waals surface area contributed by atoms with Crippen molar-refractivity contribution < 1.29 is 24.2 Å². The molecule has 7 nitrogen and oxygen atoms in total. The highest BCUT2D eigenvalue weighted by Crippen LogP contribution is 2.00. The summed E-state index contributed by atoms with van der Waals surface area (Å²) < 4.78 is 4.91. The fraction of sp³-hybridized carbons (Fsp3) is 0.357. The van der Waals surface area contributed by atoms with Crippen LogP contribution < -0.4 is 10.6 Å². The average molecular weight is 294 g/mol. The molecule has 7 heteroatoms. The minimum atomic E-state index is -1.00. The number of ether oxygens (including phenoxy) is 1. The third-order valence-corrected chi connectivity index (χ3v) is 2.60. The SMILES string of the molecule is CC(O)C(C=O)NC(=O)CNC(=O)OCc1ccccc1.